The van der Waals surface area contributed by atoms with Crippen LogP contribution in [0.2, 0.25) is 0 Å². The number of benzene rings is 1. The summed E-state index contributed by atoms with van der Waals surface area (Å²) in [4.78, 5) is 0. The van der Waals surface area contributed by atoms with Crippen molar-refractivity contribution in [2.24, 2.45) is 0 Å². The molecule has 1 aliphatic heterocycles. The lowest BCUT2D eigenvalue weighted by atomic mass is 10.1. The van der Waals surface area contributed by atoms with Crippen LogP contribution in [0.4, 0.5) is 0 Å². The van der Waals surface area contributed by atoms with Gasteiger partial charge >= 0.3 is 0 Å². The Bertz CT molecular complexity index is 253. The maximum absolute atomic E-state index is 5.33. The summed E-state index contributed by atoms with van der Waals surface area (Å²) in [6, 6.07) is 10.2. The standard InChI is InChI=1S/C10H10O/c1-2-9-10(11-9)8-6-4-3-5-7-8/h2-7,9-10H,1H2/t9-,10-/m0/s1. The van der Waals surface area contributed by atoms with E-state index in [1.54, 1.807) is 0 Å². The average Bonchev–Trinajstić information content (AvgIpc) is 2.85. The number of epoxide rings is 1. The van der Waals surface area contributed by atoms with Crippen LogP contribution < -0.4 is 0 Å². The quantitative estimate of drug-likeness (QED) is 0.460. The van der Waals surface area contributed by atoms with Crippen LogP contribution in [0, 0.1) is 0 Å². The topological polar surface area (TPSA) is 12.5 Å². The van der Waals surface area contributed by atoms with Crippen LogP contribution in [0.15, 0.2) is 43.0 Å². The number of hydrogen-bond acceptors (Lipinski definition) is 1. The van der Waals surface area contributed by atoms with Crippen LogP contribution in [0.3, 0.4) is 0 Å². The zero-order valence-electron chi connectivity index (χ0n) is 6.23. The van der Waals surface area contributed by atoms with Crippen molar-refractivity contribution in [2.75, 3.05) is 0 Å². The lowest BCUT2D eigenvalue weighted by Gasteiger charge is -1.91. The normalized spacial score (nSPS) is 28.0. The van der Waals surface area contributed by atoms with E-state index >= 15 is 0 Å². The molecule has 2 rings (SSSR count). The first-order valence-electron chi connectivity index (χ1n) is 3.75. The zero-order chi connectivity index (χ0) is 7.68. The van der Waals surface area contributed by atoms with Gasteiger partial charge in [0, 0.05) is 0 Å². The molecule has 0 amide bonds. The highest BCUT2D eigenvalue weighted by Gasteiger charge is 2.36. The van der Waals surface area contributed by atoms with Gasteiger partial charge < -0.3 is 4.74 Å². The summed E-state index contributed by atoms with van der Waals surface area (Å²) in [6.45, 7) is 3.67. The van der Waals surface area contributed by atoms with Crippen molar-refractivity contribution < 1.29 is 4.74 Å². The Hall–Kier alpha value is -1.08. The second-order valence-electron chi connectivity index (χ2n) is 2.67. The van der Waals surface area contributed by atoms with Crippen molar-refractivity contribution in [1.82, 2.24) is 0 Å². The molecule has 0 spiro atoms. The third-order valence-electron chi connectivity index (χ3n) is 1.89. The number of rotatable bonds is 2. The number of hydrogen-bond donors (Lipinski definition) is 0. The van der Waals surface area contributed by atoms with Gasteiger partial charge in [0.05, 0.1) is 0 Å². The second-order valence-corrected chi connectivity index (χ2v) is 2.67. The first-order chi connectivity index (χ1) is 5.42. The molecule has 1 heteroatoms. The Balaban J connectivity index is 2.14. The third kappa shape index (κ3) is 1.19. The van der Waals surface area contributed by atoms with Gasteiger partial charge in [0.15, 0.2) is 0 Å². The summed E-state index contributed by atoms with van der Waals surface area (Å²) in [5.41, 5.74) is 1.25. The van der Waals surface area contributed by atoms with E-state index in [9.17, 15) is 0 Å². The van der Waals surface area contributed by atoms with Crippen molar-refractivity contribution in [1.29, 1.82) is 0 Å². The molecule has 1 aliphatic rings. The maximum atomic E-state index is 5.33. The van der Waals surface area contributed by atoms with E-state index in [1.165, 1.54) is 5.56 Å². The van der Waals surface area contributed by atoms with Crippen LogP contribution in [0.5, 0.6) is 0 Å². The minimum absolute atomic E-state index is 0.248. The van der Waals surface area contributed by atoms with Gasteiger partial charge in [0.25, 0.3) is 0 Å². The Kier molecular flexibility index (Phi) is 1.51. The van der Waals surface area contributed by atoms with Gasteiger partial charge in [0.1, 0.15) is 12.2 Å². The molecular weight excluding hydrogens is 136 g/mol. The highest BCUT2D eigenvalue weighted by molar-refractivity contribution is 5.24. The lowest BCUT2D eigenvalue weighted by molar-refractivity contribution is 0.394. The van der Waals surface area contributed by atoms with Crippen molar-refractivity contribution >= 4 is 0 Å². The fourth-order valence-corrected chi connectivity index (χ4v) is 1.21. The minimum atomic E-state index is 0.248. The monoisotopic (exact) mass is 146 g/mol. The summed E-state index contributed by atoms with van der Waals surface area (Å²) in [5, 5.41) is 0. The summed E-state index contributed by atoms with van der Waals surface area (Å²) < 4.78 is 5.33. The predicted octanol–water partition coefficient (Wildman–Crippen LogP) is 2.31. The van der Waals surface area contributed by atoms with E-state index < -0.39 is 0 Å². The van der Waals surface area contributed by atoms with Crippen LogP contribution in [0.1, 0.15) is 11.7 Å². The molecule has 0 aromatic heterocycles. The largest absolute Gasteiger partial charge is 0.360 e. The Morgan fingerprint density at radius 3 is 2.55 bits per heavy atom. The van der Waals surface area contributed by atoms with Gasteiger partial charge in [-0.15, -0.1) is 6.58 Å². The molecule has 0 aliphatic carbocycles. The van der Waals surface area contributed by atoms with Crippen LogP contribution in [0.25, 0.3) is 0 Å². The first-order valence-corrected chi connectivity index (χ1v) is 3.75. The molecule has 0 radical (unpaired) electrons. The second kappa shape index (κ2) is 2.51. The van der Waals surface area contributed by atoms with Gasteiger partial charge in [-0.3, -0.25) is 0 Å². The van der Waals surface area contributed by atoms with Gasteiger partial charge in [-0.25, -0.2) is 0 Å². The number of ether oxygens (including phenoxy) is 1. The van der Waals surface area contributed by atoms with Gasteiger partial charge in [-0.2, -0.15) is 0 Å². The molecule has 0 unspecified atom stereocenters. The molecule has 1 nitrogen and oxygen atoms in total. The van der Waals surface area contributed by atoms with Crippen LogP contribution >= 0.6 is 0 Å². The molecule has 1 aromatic carbocycles. The first kappa shape index (κ1) is 6.62. The van der Waals surface area contributed by atoms with E-state index in [-0.39, 0.29) is 12.2 Å². The van der Waals surface area contributed by atoms with E-state index in [0.717, 1.165) is 0 Å². The molecule has 1 fully saturated rings. The molecule has 1 saturated heterocycles. The van der Waals surface area contributed by atoms with E-state index in [0.29, 0.717) is 0 Å². The summed E-state index contributed by atoms with van der Waals surface area (Å²) in [7, 11) is 0. The van der Waals surface area contributed by atoms with E-state index in [2.05, 4.69) is 18.7 Å². The van der Waals surface area contributed by atoms with E-state index in [1.807, 2.05) is 24.3 Å². The minimum Gasteiger partial charge on any atom is -0.360 e. The van der Waals surface area contributed by atoms with Crippen LogP contribution in [-0.4, -0.2) is 6.10 Å². The molecule has 56 valence electrons. The molecule has 1 heterocycles. The van der Waals surface area contributed by atoms with E-state index in [4.69, 9.17) is 4.74 Å². The molecule has 0 saturated carbocycles. The van der Waals surface area contributed by atoms with Crippen molar-refractivity contribution in [3.05, 3.63) is 48.6 Å². The smallest absolute Gasteiger partial charge is 0.113 e. The van der Waals surface area contributed by atoms with Crippen molar-refractivity contribution in [2.45, 2.75) is 12.2 Å². The summed E-state index contributed by atoms with van der Waals surface area (Å²) in [5.74, 6) is 0. The molecule has 2 atom stereocenters. The van der Waals surface area contributed by atoms with Gasteiger partial charge in [-0.1, -0.05) is 36.4 Å². The highest BCUT2D eigenvalue weighted by Crippen LogP contribution is 2.38. The average molecular weight is 146 g/mol. The fourth-order valence-electron chi connectivity index (χ4n) is 1.21. The maximum Gasteiger partial charge on any atom is 0.113 e. The molecule has 1 aromatic rings. The van der Waals surface area contributed by atoms with Crippen molar-refractivity contribution in [3.63, 3.8) is 0 Å². The zero-order valence-corrected chi connectivity index (χ0v) is 6.23. The Morgan fingerprint density at radius 1 is 1.27 bits per heavy atom. The molecular formula is C10H10O. The summed E-state index contributed by atoms with van der Waals surface area (Å²) >= 11 is 0. The highest BCUT2D eigenvalue weighted by atomic mass is 16.6. The fraction of sp³-hybridized carbons (Fsp3) is 0.200. The Labute approximate surface area is 66.3 Å². The van der Waals surface area contributed by atoms with Crippen LogP contribution in [-0.2, 0) is 4.74 Å². The SMILES string of the molecule is C=C[C@@H]1O[C@H]1c1ccccc1. The predicted molar refractivity (Wildman–Crippen MR) is 44.3 cm³/mol. The van der Waals surface area contributed by atoms with Gasteiger partial charge in [-0.05, 0) is 5.56 Å². The Morgan fingerprint density at radius 2 is 2.00 bits per heavy atom. The third-order valence-corrected chi connectivity index (χ3v) is 1.89. The lowest BCUT2D eigenvalue weighted by Crippen LogP contribution is -1.81. The van der Waals surface area contributed by atoms with Gasteiger partial charge in [0.2, 0.25) is 0 Å². The molecule has 11 heavy (non-hydrogen) atoms. The van der Waals surface area contributed by atoms with Crippen molar-refractivity contribution in [3.8, 4) is 0 Å². The summed E-state index contributed by atoms with van der Waals surface area (Å²) in [6.07, 6.45) is 2.36. The molecule has 0 N–H and O–H groups in total. The molecule has 0 bridgehead atoms.